The van der Waals surface area contributed by atoms with Gasteiger partial charge in [0.05, 0.1) is 6.54 Å². The number of benzene rings is 2. The van der Waals surface area contributed by atoms with Gasteiger partial charge in [-0.05, 0) is 45.6 Å². The Kier molecular flexibility index (Phi) is 4.25. The van der Waals surface area contributed by atoms with Crippen LogP contribution >= 0.6 is 11.3 Å². The van der Waals surface area contributed by atoms with Gasteiger partial charge in [-0.3, -0.25) is 4.68 Å². The third kappa shape index (κ3) is 3.12. The highest BCUT2D eigenvalue weighted by atomic mass is 32.1. The minimum atomic E-state index is -0.518. The van der Waals surface area contributed by atoms with Crippen molar-refractivity contribution in [2.45, 2.75) is 12.1 Å². The molecule has 0 aliphatic carbocycles. The molecule has 1 aliphatic rings. The van der Waals surface area contributed by atoms with E-state index in [0.29, 0.717) is 19.0 Å². The average Bonchev–Trinajstić information content (AvgIpc) is 3.52. The van der Waals surface area contributed by atoms with Crippen LogP contribution in [0.15, 0.2) is 89.1 Å². The molecular weight excluding hydrogens is 368 g/mol. The standard InChI is InChI=1S/C22H18N4OS/c1-2-4-20(5-3-1)22(13-26-16-23-15-24-26)14-27-21(25-22)18-8-6-17(7-9-18)19-10-11-28-12-19/h1-12,15-16H,13-14H2. The van der Waals surface area contributed by atoms with Gasteiger partial charge in [0.2, 0.25) is 5.90 Å². The quantitative estimate of drug-likeness (QED) is 0.511. The summed E-state index contributed by atoms with van der Waals surface area (Å²) in [5.74, 6) is 0.667. The Morgan fingerprint density at radius 1 is 0.964 bits per heavy atom. The van der Waals surface area contributed by atoms with Gasteiger partial charge >= 0.3 is 0 Å². The van der Waals surface area contributed by atoms with Crippen LogP contribution in [0.1, 0.15) is 11.1 Å². The van der Waals surface area contributed by atoms with Crippen LogP contribution in [0.3, 0.4) is 0 Å². The molecule has 138 valence electrons. The van der Waals surface area contributed by atoms with Crippen LogP contribution in [0.2, 0.25) is 0 Å². The zero-order chi connectivity index (χ0) is 18.8. The molecule has 6 heteroatoms. The van der Waals surface area contributed by atoms with E-state index in [2.05, 4.69) is 63.3 Å². The molecule has 2 aromatic heterocycles. The van der Waals surface area contributed by atoms with E-state index >= 15 is 0 Å². The van der Waals surface area contributed by atoms with E-state index in [4.69, 9.17) is 9.73 Å². The summed E-state index contributed by atoms with van der Waals surface area (Å²) in [6.07, 6.45) is 3.26. The molecule has 0 amide bonds. The van der Waals surface area contributed by atoms with Crippen molar-refractivity contribution in [2.24, 2.45) is 4.99 Å². The molecule has 1 unspecified atom stereocenters. The van der Waals surface area contributed by atoms with Crippen molar-refractivity contribution in [1.29, 1.82) is 0 Å². The van der Waals surface area contributed by atoms with Crippen molar-refractivity contribution in [3.63, 3.8) is 0 Å². The van der Waals surface area contributed by atoms with Gasteiger partial charge in [-0.15, -0.1) is 0 Å². The summed E-state index contributed by atoms with van der Waals surface area (Å²) in [5.41, 5.74) is 4.00. The summed E-state index contributed by atoms with van der Waals surface area (Å²) in [6.45, 7) is 1.05. The molecule has 0 bridgehead atoms. The number of aliphatic imine (C=N–C) groups is 1. The second kappa shape index (κ2) is 7.05. The first-order valence-electron chi connectivity index (χ1n) is 9.06. The lowest BCUT2D eigenvalue weighted by atomic mass is 9.91. The van der Waals surface area contributed by atoms with Crippen molar-refractivity contribution < 1.29 is 4.74 Å². The smallest absolute Gasteiger partial charge is 0.217 e. The fraction of sp³-hybridized carbons (Fsp3) is 0.136. The van der Waals surface area contributed by atoms with Crippen LogP contribution in [0.5, 0.6) is 0 Å². The summed E-state index contributed by atoms with van der Waals surface area (Å²) >= 11 is 1.70. The summed E-state index contributed by atoms with van der Waals surface area (Å²) in [6, 6.07) is 20.7. The van der Waals surface area contributed by atoms with Crippen molar-refractivity contribution >= 4 is 17.2 Å². The number of ether oxygens (including phenoxy) is 1. The van der Waals surface area contributed by atoms with Crippen LogP contribution < -0.4 is 0 Å². The zero-order valence-corrected chi connectivity index (χ0v) is 15.9. The average molecular weight is 386 g/mol. The van der Waals surface area contributed by atoms with E-state index in [-0.39, 0.29) is 0 Å². The van der Waals surface area contributed by atoms with Crippen molar-refractivity contribution in [3.05, 3.63) is 95.2 Å². The normalized spacial score (nSPS) is 18.6. The maximum absolute atomic E-state index is 6.08. The second-order valence-corrected chi connectivity index (χ2v) is 7.57. The number of thiophene rings is 1. The highest BCUT2D eigenvalue weighted by Crippen LogP contribution is 2.34. The van der Waals surface area contributed by atoms with Gasteiger partial charge in [0.15, 0.2) is 0 Å². The highest BCUT2D eigenvalue weighted by molar-refractivity contribution is 7.08. The molecular formula is C22H18N4OS. The number of hydrogen-bond donors (Lipinski definition) is 0. The molecule has 0 fully saturated rings. The van der Waals surface area contributed by atoms with Gasteiger partial charge in [-0.25, -0.2) is 9.98 Å². The van der Waals surface area contributed by atoms with Crippen LogP contribution in [0, 0.1) is 0 Å². The molecule has 0 saturated carbocycles. The van der Waals surface area contributed by atoms with E-state index in [1.165, 1.54) is 11.1 Å². The molecule has 4 aromatic rings. The van der Waals surface area contributed by atoms with Crippen LogP contribution in [0.25, 0.3) is 11.1 Å². The predicted molar refractivity (Wildman–Crippen MR) is 110 cm³/mol. The molecule has 1 aliphatic heterocycles. The van der Waals surface area contributed by atoms with E-state index in [0.717, 1.165) is 11.1 Å². The second-order valence-electron chi connectivity index (χ2n) is 6.79. The zero-order valence-electron chi connectivity index (χ0n) is 15.1. The van der Waals surface area contributed by atoms with Crippen LogP contribution in [-0.4, -0.2) is 27.3 Å². The Morgan fingerprint density at radius 3 is 2.50 bits per heavy atom. The first kappa shape index (κ1) is 16.9. The maximum atomic E-state index is 6.08. The van der Waals surface area contributed by atoms with Crippen molar-refractivity contribution in [2.75, 3.05) is 6.61 Å². The van der Waals surface area contributed by atoms with Crippen molar-refractivity contribution in [1.82, 2.24) is 14.8 Å². The molecule has 3 heterocycles. The fourth-order valence-electron chi connectivity index (χ4n) is 3.48. The van der Waals surface area contributed by atoms with Gasteiger partial charge in [0, 0.05) is 5.56 Å². The lowest BCUT2D eigenvalue weighted by Crippen LogP contribution is -2.31. The molecule has 1 atom stereocenters. The minimum Gasteiger partial charge on any atom is -0.474 e. The topological polar surface area (TPSA) is 52.3 Å². The fourth-order valence-corrected chi connectivity index (χ4v) is 4.14. The van der Waals surface area contributed by atoms with E-state index in [9.17, 15) is 0 Å². The van der Waals surface area contributed by atoms with Gasteiger partial charge in [-0.2, -0.15) is 16.4 Å². The molecule has 0 N–H and O–H groups in total. The van der Waals surface area contributed by atoms with E-state index in [1.807, 2.05) is 22.9 Å². The number of nitrogens with zero attached hydrogens (tertiary/aromatic N) is 4. The third-order valence-corrected chi connectivity index (χ3v) is 5.63. The first-order valence-corrected chi connectivity index (χ1v) is 10.0. The van der Waals surface area contributed by atoms with Crippen LogP contribution in [0.4, 0.5) is 0 Å². The monoisotopic (exact) mass is 386 g/mol. The third-order valence-electron chi connectivity index (χ3n) is 4.95. The summed E-state index contributed by atoms with van der Waals surface area (Å²) in [7, 11) is 0. The number of aromatic nitrogens is 3. The predicted octanol–water partition coefficient (Wildman–Crippen LogP) is 4.38. The number of rotatable bonds is 5. The van der Waals surface area contributed by atoms with E-state index in [1.54, 1.807) is 24.0 Å². The first-order chi connectivity index (χ1) is 13.8. The molecule has 5 nitrogen and oxygen atoms in total. The minimum absolute atomic E-state index is 0.471. The summed E-state index contributed by atoms with van der Waals surface area (Å²) in [4.78, 5) is 9.10. The Bertz CT molecular complexity index is 1070. The Morgan fingerprint density at radius 2 is 1.79 bits per heavy atom. The summed E-state index contributed by atoms with van der Waals surface area (Å²) < 4.78 is 7.89. The molecule has 0 spiro atoms. The molecule has 5 rings (SSSR count). The van der Waals surface area contributed by atoms with E-state index < -0.39 is 5.54 Å². The maximum Gasteiger partial charge on any atom is 0.217 e. The van der Waals surface area contributed by atoms with Gasteiger partial charge in [0.25, 0.3) is 0 Å². The lowest BCUT2D eigenvalue weighted by Gasteiger charge is -2.24. The highest BCUT2D eigenvalue weighted by Gasteiger charge is 2.39. The number of hydrogen-bond acceptors (Lipinski definition) is 5. The SMILES string of the molecule is c1ccc(C2(Cn3cncn3)COC(c3ccc(-c4ccsc4)cc3)=N2)cc1. The largest absolute Gasteiger partial charge is 0.474 e. The van der Waals surface area contributed by atoms with Crippen molar-refractivity contribution in [3.8, 4) is 11.1 Å². The van der Waals surface area contributed by atoms with Gasteiger partial charge in [0.1, 0.15) is 24.8 Å². The Balaban J connectivity index is 1.50. The van der Waals surface area contributed by atoms with Gasteiger partial charge < -0.3 is 4.74 Å². The molecule has 2 aromatic carbocycles. The molecule has 0 radical (unpaired) electrons. The summed E-state index contributed by atoms with van der Waals surface area (Å²) in [5, 5.41) is 8.51. The van der Waals surface area contributed by atoms with Gasteiger partial charge in [-0.1, -0.05) is 42.5 Å². The molecule has 28 heavy (non-hydrogen) atoms. The lowest BCUT2D eigenvalue weighted by molar-refractivity contribution is 0.230. The Labute approximate surface area is 167 Å². The Hall–Kier alpha value is -3.25. The molecule has 0 saturated heterocycles. The van der Waals surface area contributed by atoms with Crippen LogP contribution in [-0.2, 0) is 16.8 Å².